The van der Waals surface area contributed by atoms with Crippen LogP contribution in [-0.2, 0) is 10.8 Å². The molecule has 2 N–H and O–H groups in total. The standard InChI is InChI=1S/C12H15Cl2FN2O2S/c1-7(17-12(18)16-3-4-20(2)19)8-5-11(15)10(14)6-9(8)13/h5-7H,3-4H2,1-2H3,(H2,16,17,18)/t7-,20+/m0/s1. The Bertz CT molecular complexity index is 528. The van der Waals surface area contributed by atoms with Crippen LogP contribution >= 0.6 is 23.2 Å². The highest BCUT2D eigenvalue weighted by Gasteiger charge is 2.15. The van der Waals surface area contributed by atoms with Crippen molar-refractivity contribution in [3.63, 3.8) is 0 Å². The topological polar surface area (TPSA) is 58.2 Å². The van der Waals surface area contributed by atoms with Crippen molar-refractivity contribution >= 4 is 40.0 Å². The van der Waals surface area contributed by atoms with Crippen molar-refractivity contribution < 1.29 is 13.4 Å². The molecule has 0 unspecified atom stereocenters. The van der Waals surface area contributed by atoms with Gasteiger partial charge in [-0.1, -0.05) is 23.2 Å². The summed E-state index contributed by atoms with van der Waals surface area (Å²) in [5, 5.41) is 5.38. The van der Waals surface area contributed by atoms with Gasteiger partial charge < -0.3 is 10.6 Å². The van der Waals surface area contributed by atoms with Gasteiger partial charge >= 0.3 is 6.03 Å². The van der Waals surface area contributed by atoms with Gasteiger partial charge in [-0.3, -0.25) is 4.21 Å². The van der Waals surface area contributed by atoms with Gasteiger partial charge in [0.25, 0.3) is 0 Å². The second kappa shape index (κ2) is 7.81. The van der Waals surface area contributed by atoms with Crippen LogP contribution in [0.1, 0.15) is 18.5 Å². The molecule has 4 nitrogen and oxygen atoms in total. The molecule has 2 atom stereocenters. The Morgan fingerprint density at radius 1 is 1.40 bits per heavy atom. The van der Waals surface area contributed by atoms with Crippen LogP contribution < -0.4 is 10.6 Å². The van der Waals surface area contributed by atoms with E-state index in [1.54, 1.807) is 13.2 Å². The molecule has 0 saturated heterocycles. The van der Waals surface area contributed by atoms with Crippen molar-refractivity contribution in [3.8, 4) is 0 Å². The highest BCUT2D eigenvalue weighted by Crippen LogP contribution is 2.28. The maximum Gasteiger partial charge on any atom is 0.315 e. The first-order valence-electron chi connectivity index (χ1n) is 5.80. The van der Waals surface area contributed by atoms with Crippen LogP contribution in [0.3, 0.4) is 0 Å². The molecule has 112 valence electrons. The minimum atomic E-state index is -0.968. The Balaban J connectivity index is 2.62. The number of benzene rings is 1. The Kier molecular flexibility index (Phi) is 6.71. The van der Waals surface area contributed by atoms with Gasteiger partial charge in [0.1, 0.15) is 5.82 Å². The lowest BCUT2D eigenvalue weighted by Gasteiger charge is -2.16. The molecule has 0 saturated carbocycles. The van der Waals surface area contributed by atoms with Gasteiger partial charge in [-0.2, -0.15) is 0 Å². The van der Waals surface area contributed by atoms with Crippen LogP contribution in [0.25, 0.3) is 0 Å². The summed E-state index contributed by atoms with van der Waals surface area (Å²) in [5.41, 5.74) is 0.433. The minimum absolute atomic E-state index is 0.0687. The molecule has 2 amide bonds. The number of amides is 2. The third-order valence-electron chi connectivity index (χ3n) is 2.53. The van der Waals surface area contributed by atoms with E-state index < -0.39 is 28.7 Å². The Morgan fingerprint density at radius 3 is 2.65 bits per heavy atom. The Morgan fingerprint density at radius 2 is 2.05 bits per heavy atom. The zero-order valence-corrected chi connectivity index (χ0v) is 13.3. The van der Waals surface area contributed by atoms with Crippen molar-refractivity contribution in [2.75, 3.05) is 18.6 Å². The summed E-state index contributed by atoms with van der Waals surface area (Å²) in [7, 11) is -0.968. The van der Waals surface area contributed by atoms with E-state index >= 15 is 0 Å². The first-order valence-corrected chi connectivity index (χ1v) is 8.28. The van der Waals surface area contributed by atoms with Crippen molar-refractivity contribution in [2.24, 2.45) is 0 Å². The average Bonchev–Trinajstić information content (AvgIpc) is 2.33. The molecule has 0 spiro atoms. The molecule has 8 heteroatoms. The van der Waals surface area contributed by atoms with Gasteiger partial charge in [0.05, 0.1) is 11.1 Å². The fourth-order valence-corrected chi connectivity index (χ4v) is 2.44. The molecule has 1 aromatic carbocycles. The SMILES string of the molecule is C[C@H](NC(=O)NCC[S@@](C)=O)c1cc(F)c(Cl)cc1Cl. The molecule has 0 aliphatic heterocycles. The van der Waals surface area contributed by atoms with Gasteiger partial charge in [-0.05, 0) is 24.6 Å². The van der Waals surface area contributed by atoms with Gasteiger partial charge in [0.2, 0.25) is 0 Å². The van der Waals surface area contributed by atoms with E-state index in [1.807, 2.05) is 0 Å². The molecule has 0 fully saturated rings. The maximum absolute atomic E-state index is 13.4. The molecule has 1 aromatic rings. The van der Waals surface area contributed by atoms with Gasteiger partial charge in [0, 0.05) is 34.4 Å². The molecule has 0 radical (unpaired) electrons. The smallest absolute Gasteiger partial charge is 0.315 e. The van der Waals surface area contributed by atoms with Gasteiger partial charge in [0.15, 0.2) is 0 Å². The van der Waals surface area contributed by atoms with Gasteiger partial charge in [-0.25, -0.2) is 9.18 Å². The number of hydrogen-bond donors (Lipinski definition) is 2. The molecule has 20 heavy (non-hydrogen) atoms. The third kappa shape index (κ3) is 5.26. The van der Waals surface area contributed by atoms with E-state index in [2.05, 4.69) is 10.6 Å². The molecule has 0 aromatic heterocycles. The number of carbonyl (C=O) groups excluding carboxylic acids is 1. The first kappa shape index (κ1) is 17.2. The van der Waals surface area contributed by atoms with E-state index in [0.29, 0.717) is 17.9 Å². The monoisotopic (exact) mass is 340 g/mol. The molecule has 0 bridgehead atoms. The average molecular weight is 341 g/mol. The third-order valence-corrected chi connectivity index (χ3v) is 3.92. The number of hydrogen-bond acceptors (Lipinski definition) is 2. The van der Waals surface area contributed by atoms with Crippen molar-refractivity contribution in [2.45, 2.75) is 13.0 Å². The van der Waals surface area contributed by atoms with Crippen LogP contribution in [0.15, 0.2) is 12.1 Å². The highest BCUT2D eigenvalue weighted by atomic mass is 35.5. The number of carbonyl (C=O) groups is 1. The van der Waals surface area contributed by atoms with E-state index in [0.717, 1.165) is 0 Å². The van der Waals surface area contributed by atoms with Crippen LogP contribution in [0.5, 0.6) is 0 Å². The normalized spacial score (nSPS) is 13.7. The van der Waals surface area contributed by atoms with Gasteiger partial charge in [-0.15, -0.1) is 0 Å². The molecule has 0 aliphatic carbocycles. The van der Waals surface area contributed by atoms with E-state index in [9.17, 15) is 13.4 Å². The lowest BCUT2D eigenvalue weighted by molar-refractivity contribution is 0.238. The summed E-state index contributed by atoms with van der Waals surface area (Å²) in [6.45, 7) is 1.97. The number of halogens is 3. The zero-order valence-electron chi connectivity index (χ0n) is 11.0. The van der Waals surface area contributed by atoms with Crippen LogP contribution in [0.4, 0.5) is 9.18 Å². The highest BCUT2D eigenvalue weighted by molar-refractivity contribution is 7.84. The molecule has 1 rings (SSSR count). The summed E-state index contributed by atoms with van der Waals surface area (Å²) < 4.78 is 24.2. The lowest BCUT2D eigenvalue weighted by Crippen LogP contribution is -2.38. The molecular formula is C12H15Cl2FN2O2S. The predicted octanol–water partition coefficient (Wildman–Crippen LogP) is 2.87. The largest absolute Gasteiger partial charge is 0.337 e. The fourth-order valence-electron chi connectivity index (χ4n) is 1.50. The summed E-state index contributed by atoms with van der Waals surface area (Å²) >= 11 is 11.6. The number of nitrogens with one attached hydrogen (secondary N) is 2. The first-order chi connectivity index (χ1) is 9.31. The fraction of sp³-hybridized carbons (Fsp3) is 0.417. The second-order valence-corrected chi connectivity index (χ2v) is 6.56. The molecular weight excluding hydrogens is 326 g/mol. The summed E-state index contributed by atoms with van der Waals surface area (Å²) in [6, 6.07) is 1.57. The van der Waals surface area contributed by atoms with E-state index in [1.165, 1.54) is 12.1 Å². The Hall–Kier alpha value is -0.850. The van der Waals surface area contributed by atoms with Crippen molar-refractivity contribution in [1.82, 2.24) is 10.6 Å². The number of urea groups is 1. The summed E-state index contributed by atoms with van der Waals surface area (Å²) in [5.74, 6) is -0.223. The van der Waals surface area contributed by atoms with Crippen molar-refractivity contribution in [1.29, 1.82) is 0 Å². The van der Waals surface area contributed by atoms with E-state index in [-0.39, 0.29) is 10.0 Å². The maximum atomic E-state index is 13.4. The van der Waals surface area contributed by atoms with Crippen LogP contribution in [0.2, 0.25) is 10.0 Å². The molecule has 0 aliphatic rings. The lowest BCUT2D eigenvalue weighted by atomic mass is 10.1. The van der Waals surface area contributed by atoms with E-state index in [4.69, 9.17) is 23.2 Å². The van der Waals surface area contributed by atoms with Crippen molar-refractivity contribution in [3.05, 3.63) is 33.6 Å². The summed E-state index contributed by atoms with van der Waals surface area (Å²) in [6.07, 6.45) is 1.55. The second-order valence-electron chi connectivity index (χ2n) is 4.19. The number of rotatable bonds is 5. The van der Waals surface area contributed by atoms with Crippen LogP contribution in [-0.4, -0.2) is 28.8 Å². The Labute approximate surface area is 129 Å². The minimum Gasteiger partial charge on any atom is -0.337 e. The van der Waals surface area contributed by atoms with Crippen LogP contribution in [0, 0.1) is 5.82 Å². The zero-order chi connectivity index (χ0) is 15.3. The quantitative estimate of drug-likeness (QED) is 0.809. The predicted molar refractivity (Wildman–Crippen MR) is 80.3 cm³/mol. The molecule has 0 heterocycles. The summed E-state index contributed by atoms with van der Waals surface area (Å²) in [4.78, 5) is 11.6.